The summed E-state index contributed by atoms with van der Waals surface area (Å²) >= 11 is 0. The molecule has 1 aliphatic rings. The smallest absolute Gasteiger partial charge is 0.387 e. The molecule has 1 saturated heterocycles. The Hall–Kier alpha value is -2.37. The highest BCUT2D eigenvalue weighted by Gasteiger charge is 2.23. The van der Waals surface area contributed by atoms with Gasteiger partial charge in [-0.1, -0.05) is 0 Å². The van der Waals surface area contributed by atoms with Gasteiger partial charge in [0.15, 0.2) is 5.75 Å². The van der Waals surface area contributed by atoms with Crippen LogP contribution in [0.15, 0.2) is 41.3 Å². The Morgan fingerprint density at radius 3 is 2.32 bits per heavy atom. The summed E-state index contributed by atoms with van der Waals surface area (Å²) in [5.41, 5.74) is 0.310. The van der Waals surface area contributed by atoms with E-state index in [0.717, 1.165) is 25.2 Å². The Labute approximate surface area is 185 Å². The molecule has 1 heterocycles. The Morgan fingerprint density at radius 2 is 1.71 bits per heavy atom. The first-order valence-corrected chi connectivity index (χ1v) is 10.6. The molecule has 1 N–H and O–H groups in total. The highest BCUT2D eigenvalue weighted by atomic mass is 35.5. The van der Waals surface area contributed by atoms with Gasteiger partial charge in [0, 0.05) is 32.2 Å². The van der Waals surface area contributed by atoms with Crippen molar-refractivity contribution in [3.05, 3.63) is 42.2 Å². The van der Waals surface area contributed by atoms with Crippen LogP contribution in [0, 0.1) is 5.82 Å². The number of benzene rings is 2. The van der Waals surface area contributed by atoms with Crippen molar-refractivity contribution in [3.63, 3.8) is 0 Å². The minimum Gasteiger partial charge on any atom is -0.495 e. The fourth-order valence-electron chi connectivity index (χ4n) is 3.11. The van der Waals surface area contributed by atoms with E-state index in [1.165, 1.54) is 25.3 Å². The van der Waals surface area contributed by atoms with Crippen LogP contribution in [-0.2, 0) is 10.0 Å². The van der Waals surface area contributed by atoms with Crippen LogP contribution in [0.3, 0.4) is 0 Å². The van der Waals surface area contributed by atoms with Gasteiger partial charge in [0.25, 0.3) is 10.0 Å². The second-order valence-corrected chi connectivity index (χ2v) is 8.43. The SMILES string of the molecule is COc1ccc(S(=O)(=O)Nc2ccc(F)cc2OC(F)F)cc1N1CCN(C)CC1.Cl. The molecule has 0 bridgehead atoms. The van der Waals surface area contributed by atoms with Crippen LogP contribution >= 0.6 is 12.4 Å². The lowest BCUT2D eigenvalue weighted by Gasteiger charge is -2.34. The van der Waals surface area contributed by atoms with Crippen molar-refractivity contribution in [2.75, 3.05) is 50.0 Å². The molecule has 3 rings (SSSR count). The minimum atomic E-state index is -4.17. The van der Waals surface area contributed by atoms with Gasteiger partial charge in [0.05, 0.1) is 23.4 Å². The second-order valence-electron chi connectivity index (χ2n) is 6.75. The molecule has 0 amide bonds. The summed E-state index contributed by atoms with van der Waals surface area (Å²) in [5.74, 6) is -0.932. The maximum Gasteiger partial charge on any atom is 0.387 e. The van der Waals surface area contributed by atoms with E-state index >= 15 is 0 Å². The number of sulfonamides is 1. The third kappa shape index (κ3) is 6.08. The van der Waals surface area contributed by atoms with Gasteiger partial charge < -0.3 is 19.3 Å². The van der Waals surface area contributed by atoms with Gasteiger partial charge in [-0.05, 0) is 37.4 Å². The number of ether oxygens (including phenoxy) is 2. The van der Waals surface area contributed by atoms with Gasteiger partial charge in [0.1, 0.15) is 11.6 Å². The monoisotopic (exact) mass is 481 g/mol. The predicted octanol–water partition coefficient (Wildman–Crippen LogP) is 3.41. The first-order chi connectivity index (χ1) is 14.2. The van der Waals surface area contributed by atoms with E-state index in [4.69, 9.17) is 4.74 Å². The van der Waals surface area contributed by atoms with E-state index in [9.17, 15) is 21.6 Å². The van der Waals surface area contributed by atoms with Crippen molar-refractivity contribution in [1.29, 1.82) is 0 Å². The molecule has 0 atom stereocenters. The molecule has 0 saturated carbocycles. The number of hydrogen-bond acceptors (Lipinski definition) is 6. The summed E-state index contributed by atoms with van der Waals surface area (Å²) in [6, 6.07) is 6.99. The standard InChI is InChI=1S/C19H22F3N3O4S.ClH/c1-24-7-9-25(10-8-24)16-12-14(4-6-17(16)28-2)30(26,27)23-15-5-3-13(20)11-18(15)29-19(21)22;/h3-6,11-12,19,23H,7-10H2,1-2H3;1H. The van der Waals surface area contributed by atoms with Crippen LogP contribution in [0.1, 0.15) is 0 Å². The zero-order valence-electron chi connectivity index (χ0n) is 16.8. The predicted molar refractivity (Wildman–Crippen MR) is 114 cm³/mol. The van der Waals surface area contributed by atoms with Crippen LogP contribution in [0.25, 0.3) is 0 Å². The number of likely N-dealkylation sites (N-methyl/N-ethyl adjacent to an activating group) is 1. The minimum absolute atomic E-state index is 0. The lowest BCUT2D eigenvalue weighted by atomic mass is 10.2. The molecule has 2 aromatic carbocycles. The number of nitrogens with one attached hydrogen (secondary N) is 1. The van der Waals surface area contributed by atoms with Crippen LogP contribution in [-0.4, -0.2) is 60.3 Å². The van der Waals surface area contributed by atoms with E-state index in [2.05, 4.69) is 14.4 Å². The lowest BCUT2D eigenvalue weighted by Crippen LogP contribution is -2.44. The van der Waals surface area contributed by atoms with Crippen molar-refractivity contribution >= 4 is 33.8 Å². The Kier molecular flexibility index (Phi) is 8.27. The molecule has 1 fully saturated rings. The topological polar surface area (TPSA) is 71.1 Å². The summed E-state index contributed by atoms with van der Waals surface area (Å²) < 4.78 is 76.2. The first-order valence-electron chi connectivity index (χ1n) is 9.08. The number of methoxy groups -OCH3 is 1. The number of piperazine rings is 1. The highest BCUT2D eigenvalue weighted by Crippen LogP contribution is 2.34. The molecular formula is C19H23ClF3N3O4S. The average Bonchev–Trinajstić information content (AvgIpc) is 2.69. The summed E-state index contributed by atoms with van der Waals surface area (Å²) in [6.45, 7) is -0.243. The lowest BCUT2D eigenvalue weighted by molar-refractivity contribution is -0.0494. The maximum atomic E-state index is 13.4. The Balaban J connectivity index is 0.00000341. The second kappa shape index (κ2) is 10.3. The number of rotatable bonds is 7. The maximum absolute atomic E-state index is 13.4. The van der Waals surface area contributed by atoms with E-state index in [0.29, 0.717) is 30.6 Å². The number of halogens is 4. The van der Waals surface area contributed by atoms with E-state index in [1.54, 1.807) is 0 Å². The molecule has 12 heteroatoms. The van der Waals surface area contributed by atoms with Gasteiger partial charge in [0.2, 0.25) is 0 Å². The molecule has 0 aliphatic carbocycles. The molecular weight excluding hydrogens is 459 g/mol. The van der Waals surface area contributed by atoms with Gasteiger partial charge >= 0.3 is 6.61 Å². The number of alkyl halides is 2. The third-order valence-corrected chi connectivity index (χ3v) is 6.07. The summed E-state index contributed by atoms with van der Waals surface area (Å²) in [4.78, 5) is 4.08. The van der Waals surface area contributed by atoms with Gasteiger partial charge in [-0.25, -0.2) is 12.8 Å². The molecule has 31 heavy (non-hydrogen) atoms. The summed E-state index contributed by atoms with van der Waals surface area (Å²) in [5, 5.41) is 0. The fraction of sp³-hybridized carbons (Fsp3) is 0.368. The van der Waals surface area contributed by atoms with Gasteiger partial charge in [-0.3, -0.25) is 4.72 Å². The average molecular weight is 482 g/mol. The number of nitrogens with zero attached hydrogens (tertiary/aromatic N) is 2. The summed E-state index contributed by atoms with van der Waals surface area (Å²) in [6.07, 6.45) is 0. The molecule has 172 valence electrons. The van der Waals surface area contributed by atoms with Gasteiger partial charge in [-0.2, -0.15) is 8.78 Å². The number of anilines is 2. The normalized spacial score (nSPS) is 14.8. The van der Waals surface area contributed by atoms with Crippen molar-refractivity contribution in [3.8, 4) is 11.5 Å². The molecule has 1 aliphatic heterocycles. The number of hydrogen-bond donors (Lipinski definition) is 1. The zero-order valence-corrected chi connectivity index (χ0v) is 18.5. The molecule has 7 nitrogen and oxygen atoms in total. The summed E-state index contributed by atoms with van der Waals surface area (Å²) in [7, 11) is -0.676. The molecule has 0 spiro atoms. The van der Waals surface area contributed by atoms with Crippen LogP contribution in [0.2, 0.25) is 0 Å². The third-order valence-electron chi connectivity index (χ3n) is 4.71. The Bertz CT molecular complexity index is 1000. The van der Waals surface area contributed by atoms with Crippen molar-refractivity contribution in [2.45, 2.75) is 11.5 Å². The quantitative estimate of drug-likeness (QED) is 0.653. The van der Waals surface area contributed by atoms with Crippen molar-refractivity contribution in [1.82, 2.24) is 4.90 Å². The zero-order chi connectivity index (χ0) is 21.9. The van der Waals surface area contributed by atoms with Crippen LogP contribution in [0.5, 0.6) is 11.5 Å². The van der Waals surface area contributed by atoms with Crippen molar-refractivity contribution in [2.24, 2.45) is 0 Å². The van der Waals surface area contributed by atoms with E-state index in [-0.39, 0.29) is 23.0 Å². The largest absolute Gasteiger partial charge is 0.495 e. The van der Waals surface area contributed by atoms with Crippen LogP contribution < -0.4 is 19.1 Å². The highest BCUT2D eigenvalue weighted by molar-refractivity contribution is 7.92. The molecule has 2 aromatic rings. The van der Waals surface area contributed by atoms with Gasteiger partial charge in [-0.15, -0.1) is 12.4 Å². The molecule has 0 radical (unpaired) electrons. The Morgan fingerprint density at radius 1 is 1.03 bits per heavy atom. The van der Waals surface area contributed by atoms with E-state index in [1.807, 2.05) is 11.9 Å². The van der Waals surface area contributed by atoms with Crippen molar-refractivity contribution < 1.29 is 31.1 Å². The van der Waals surface area contributed by atoms with Crippen LogP contribution in [0.4, 0.5) is 24.5 Å². The molecule has 0 aromatic heterocycles. The van der Waals surface area contributed by atoms with E-state index < -0.39 is 28.2 Å². The molecule has 0 unspecified atom stereocenters. The first kappa shape index (κ1) is 24.9. The fourth-order valence-corrected chi connectivity index (χ4v) is 4.20.